The fourth-order valence-corrected chi connectivity index (χ4v) is 1.62. The van der Waals surface area contributed by atoms with Crippen molar-refractivity contribution in [3.63, 3.8) is 0 Å². The number of amides is 1. The highest BCUT2D eigenvalue weighted by Crippen LogP contribution is 2.17. The number of carbonyl (C=O) groups excluding carboxylic acids is 1. The molecule has 1 aromatic carbocycles. The number of aromatic nitrogens is 2. The van der Waals surface area contributed by atoms with Crippen molar-refractivity contribution in [1.82, 2.24) is 10.2 Å². The van der Waals surface area contributed by atoms with Crippen molar-refractivity contribution in [2.75, 3.05) is 11.1 Å². The second-order valence-electron chi connectivity index (χ2n) is 3.97. The first-order chi connectivity index (χ1) is 8.08. The average Bonchev–Trinajstić information content (AvgIpc) is 2.68. The Hall–Kier alpha value is -2.30. The van der Waals surface area contributed by atoms with Gasteiger partial charge in [0.15, 0.2) is 0 Å². The molecule has 0 unspecified atom stereocenters. The molecule has 0 aliphatic heterocycles. The molecule has 2 rings (SSSR count). The summed E-state index contributed by atoms with van der Waals surface area (Å²) in [7, 11) is 0. The zero-order valence-electron chi connectivity index (χ0n) is 9.74. The van der Waals surface area contributed by atoms with Crippen LogP contribution in [-0.4, -0.2) is 16.1 Å². The molecule has 1 amide bonds. The van der Waals surface area contributed by atoms with Gasteiger partial charge in [0.25, 0.3) is 5.91 Å². The van der Waals surface area contributed by atoms with Gasteiger partial charge in [0.1, 0.15) is 5.69 Å². The molecule has 0 atom stereocenters. The van der Waals surface area contributed by atoms with Crippen molar-refractivity contribution < 1.29 is 4.79 Å². The quantitative estimate of drug-likeness (QED) is 0.736. The van der Waals surface area contributed by atoms with Crippen LogP contribution in [0, 0.1) is 13.8 Å². The minimum Gasteiger partial charge on any atom is -0.396 e. The summed E-state index contributed by atoms with van der Waals surface area (Å²) in [4.78, 5) is 11.9. The molecule has 1 heterocycles. The summed E-state index contributed by atoms with van der Waals surface area (Å²) in [6, 6.07) is 5.82. The molecule has 17 heavy (non-hydrogen) atoms. The zero-order chi connectivity index (χ0) is 12.4. The first-order valence-corrected chi connectivity index (χ1v) is 5.25. The van der Waals surface area contributed by atoms with Crippen LogP contribution >= 0.6 is 0 Å². The Morgan fingerprint density at radius 1 is 1.41 bits per heavy atom. The van der Waals surface area contributed by atoms with Gasteiger partial charge < -0.3 is 11.1 Å². The standard InChI is InChI=1S/C12H14N4O/c1-7-3-4-10(8(2)5-7)15-12(17)11-9(13)6-14-16-11/h3-6H,13H2,1-2H3,(H,14,16)(H,15,17). The number of anilines is 2. The second kappa shape index (κ2) is 4.29. The molecule has 0 bridgehead atoms. The van der Waals surface area contributed by atoms with Gasteiger partial charge in [-0.1, -0.05) is 17.7 Å². The van der Waals surface area contributed by atoms with Crippen molar-refractivity contribution in [3.8, 4) is 0 Å². The van der Waals surface area contributed by atoms with Crippen LogP contribution in [0.5, 0.6) is 0 Å². The van der Waals surface area contributed by atoms with Gasteiger partial charge in [-0.25, -0.2) is 0 Å². The van der Waals surface area contributed by atoms with Crippen molar-refractivity contribution in [3.05, 3.63) is 41.2 Å². The Bertz CT molecular complexity index is 559. The lowest BCUT2D eigenvalue weighted by Gasteiger charge is -2.08. The SMILES string of the molecule is Cc1ccc(NC(=O)c2[nH]ncc2N)c(C)c1. The van der Waals surface area contributed by atoms with Gasteiger partial charge in [-0.05, 0) is 25.5 Å². The molecular formula is C12H14N4O. The molecule has 0 aliphatic carbocycles. The molecule has 88 valence electrons. The summed E-state index contributed by atoms with van der Waals surface area (Å²) in [5.41, 5.74) is 9.16. The zero-order valence-corrected chi connectivity index (χ0v) is 9.74. The highest BCUT2D eigenvalue weighted by Gasteiger charge is 2.12. The van der Waals surface area contributed by atoms with E-state index in [-0.39, 0.29) is 11.6 Å². The number of aryl methyl sites for hydroxylation is 2. The lowest BCUT2D eigenvalue weighted by atomic mass is 10.1. The van der Waals surface area contributed by atoms with E-state index in [1.807, 2.05) is 32.0 Å². The number of nitrogens with one attached hydrogen (secondary N) is 2. The first-order valence-electron chi connectivity index (χ1n) is 5.25. The van der Waals surface area contributed by atoms with E-state index in [1.165, 1.54) is 6.20 Å². The van der Waals surface area contributed by atoms with Gasteiger partial charge in [-0.2, -0.15) is 5.10 Å². The molecule has 0 saturated heterocycles. The summed E-state index contributed by atoms with van der Waals surface area (Å²) in [6.07, 6.45) is 1.41. The summed E-state index contributed by atoms with van der Waals surface area (Å²) in [5, 5.41) is 9.07. The third-order valence-corrected chi connectivity index (χ3v) is 2.53. The molecule has 1 aromatic heterocycles. The van der Waals surface area contributed by atoms with Crippen molar-refractivity contribution in [1.29, 1.82) is 0 Å². The van der Waals surface area contributed by atoms with E-state index in [4.69, 9.17) is 5.73 Å². The number of nitrogen functional groups attached to an aromatic ring is 1. The smallest absolute Gasteiger partial charge is 0.275 e. The van der Waals surface area contributed by atoms with Crippen LogP contribution in [0.1, 0.15) is 21.6 Å². The average molecular weight is 230 g/mol. The number of nitrogens with two attached hydrogens (primary N) is 1. The summed E-state index contributed by atoms with van der Waals surface area (Å²) < 4.78 is 0. The van der Waals surface area contributed by atoms with Crippen LogP contribution in [-0.2, 0) is 0 Å². The fourth-order valence-electron chi connectivity index (χ4n) is 1.62. The molecular weight excluding hydrogens is 216 g/mol. The van der Waals surface area contributed by atoms with Gasteiger partial charge in [0.05, 0.1) is 11.9 Å². The molecule has 0 fully saturated rings. The number of carbonyl (C=O) groups is 1. The molecule has 4 N–H and O–H groups in total. The number of nitrogens with zero attached hydrogens (tertiary/aromatic N) is 1. The number of hydrogen-bond acceptors (Lipinski definition) is 3. The highest BCUT2D eigenvalue weighted by molar-refractivity contribution is 6.06. The number of rotatable bonds is 2. The molecule has 0 spiro atoms. The Labute approximate surface area is 99.0 Å². The highest BCUT2D eigenvalue weighted by atomic mass is 16.2. The van der Waals surface area contributed by atoms with Crippen LogP contribution < -0.4 is 11.1 Å². The molecule has 5 heteroatoms. The normalized spacial score (nSPS) is 10.2. The predicted octanol–water partition coefficient (Wildman–Crippen LogP) is 1.86. The van der Waals surface area contributed by atoms with E-state index in [0.29, 0.717) is 5.69 Å². The lowest BCUT2D eigenvalue weighted by molar-refractivity contribution is 0.102. The maximum Gasteiger partial charge on any atom is 0.275 e. The van der Waals surface area contributed by atoms with Gasteiger partial charge in [0.2, 0.25) is 0 Å². The third kappa shape index (κ3) is 2.28. The molecule has 0 saturated carbocycles. The van der Waals surface area contributed by atoms with Crippen LogP contribution in [0.3, 0.4) is 0 Å². The van der Waals surface area contributed by atoms with Gasteiger partial charge in [-0.3, -0.25) is 9.89 Å². The number of benzene rings is 1. The first kappa shape index (κ1) is 11.2. The Balaban J connectivity index is 2.22. The predicted molar refractivity (Wildman–Crippen MR) is 66.9 cm³/mol. The van der Waals surface area contributed by atoms with E-state index in [0.717, 1.165) is 16.8 Å². The van der Waals surface area contributed by atoms with Crippen molar-refractivity contribution in [2.45, 2.75) is 13.8 Å². The lowest BCUT2D eigenvalue weighted by Crippen LogP contribution is -2.14. The summed E-state index contributed by atoms with van der Waals surface area (Å²) in [6.45, 7) is 3.95. The minimum absolute atomic E-state index is 0.282. The Kier molecular flexibility index (Phi) is 2.82. The number of H-pyrrole nitrogens is 1. The van der Waals surface area contributed by atoms with Crippen molar-refractivity contribution >= 4 is 17.3 Å². The van der Waals surface area contributed by atoms with Crippen LogP contribution in [0.15, 0.2) is 24.4 Å². The third-order valence-electron chi connectivity index (χ3n) is 2.53. The van der Waals surface area contributed by atoms with E-state index < -0.39 is 0 Å². The maximum atomic E-state index is 11.9. The Morgan fingerprint density at radius 3 is 2.76 bits per heavy atom. The maximum absolute atomic E-state index is 11.9. The fraction of sp³-hybridized carbons (Fsp3) is 0.167. The van der Waals surface area contributed by atoms with E-state index in [1.54, 1.807) is 0 Å². The van der Waals surface area contributed by atoms with Crippen LogP contribution in [0.4, 0.5) is 11.4 Å². The van der Waals surface area contributed by atoms with E-state index in [2.05, 4.69) is 15.5 Å². The van der Waals surface area contributed by atoms with Gasteiger partial charge in [-0.15, -0.1) is 0 Å². The largest absolute Gasteiger partial charge is 0.396 e. The molecule has 2 aromatic rings. The van der Waals surface area contributed by atoms with E-state index >= 15 is 0 Å². The molecule has 0 radical (unpaired) electrons. The minimum atomic E-state index is -0.285. The monoisotopic (exact) mass is 230 g/mol. The summed E-state index contributed by atoms with van der Waals surface area (Å²) >= 11 is 0. The van der Waals surface area contributed by atoms with Crippen LogP contribution in [0.25, 0.3) is 0 Å². The van der Waals surface area contributed by atoms with Crippen LogP contribution in [0.2, 0.25) is 0 Å². The number of aromatic amines is 1. The molecule has 0 aliphatic rings. The topological polar surface area (TPSA) is 83.8 Å². The van der Waals surface area contributed by atoms with Gasteiger partial charge >= 0.3 is 0 Å². The Morgan fingerprint density at radius 2 is 2.18 bits per heavy atom. The van der Waals surface area contributed by atoms with E-state index in [9.17, 15) is 4.79 Å². The second-order valence-corrected chi connectivity index (χ2v) is 3.97. The van der Waals surface area contributed by atoms with Crippen molar-refractivity contribution in [2.24, 2.45) is 0 Å². The number of hydrogen-bond donors (Lipinski definition) is 3. The van der Waals surface area contributed by atoms with Gasteiger partial charge in [0, 0.05) is 5.69 Å². The summed E-state index contributed by atoms with van der Waals surface area (Å²) in [5.74, 6) is -0.285. The molecule has 5 nitrogen and oxygen atoms in total.